The van der Waals surface area contributed by atoms with Gasteiger partial charge in [-0.25, -0.2) is 4.79 Å². The zero-order chi connectivity index (χ0) is 11.8. The Morgan fingerprint density at radius 3 is 2.12 bits per heavy atom. The lowest BCUT2D eigenvalue weighted by Gasteiger charge is -2.08. The van der Waals surface area contributed by atoms with Crippen LogP contribution in [0.25, 0.3) is 0 Å². The van der Waals surface area contributed by atoms with Gasteiger partial charge in [-0.3, -0.25) is 0 Å². The van der Waals surface area contributed by atoms with Gasteiger partial charge >= 0.3 is 20.7 Å². The van der Waals surface area contributed by atoms with Gasteiger partial charge in [0, 0.05) is 0 Å². The number of hydrogen-bond donors (Lipinski definition) is 0. The van der Waals surface area contributed by atoms with Gasteiger partial charge < -0.3 is 13.6 Å². The fourth-order valence-electron chi connectivity index (χ4n) is 0.937. The summed E-state index contributed by atoms with van der Waals surface area (Å²) in [7, 11) is -2.35. The highest BCUT2D eigenvalue weighted by Crippen LogP contribution is 2.53. The van der Waals surface area contributed by atoms with E-state index in [0.717, 1.165) is 0 Å². The molecule has 1 heterocycles. The number of benzene rings is 1. The van der Waals surface area contributed by atoms with Crippen molar-refractivity contribution in [3.63, 3.8) is 0 Å². The zero-order valence-corrected chi connectivity index (χ0v) is 8.42. The molecule has 86 valence electrons. The van der Waals surface area contributed by atoms with Crippen LogP contribution in [0.2, 0.25) is 0 Å². The average molecular weight is 252 g/mol. The molecular formula is C8H4F3O4P. The maximum absolute atomic E-state index is 11.9. The Bertz CT molecular complexity index is 395. The molecule has 0 saturated heterocycles. The summed E-state index contributed by atoms with van der Waals surface area (Å²) in [6.45, 7) is 0. The van der Waals surface area contributed by atoms with E-state index >= 15 is 0 Å². The molecule has 0 radical (unpaired) electrons. The van der Waals surface area contributed by atoms with E-state index in [9.17, 15) is 18.0 Å². The van der Waals surface area contributed by atoms with E-state index < -0.39 is 20.7 Å². The van der Waals surface area contributed by atoms with Crippen LogP contribution in [0.1, 0.15) is 0 Å². The third-order valence-corrected chi connectivity index (χ3v) is 2.59. The summed E-state index contributed by atoms with van der Waals surface area (Å²) in [4.78, 5) is 10.5. The number of para-hydroxylation sites is 2. The number of carbonyl (C=O) groups excluding carboxylic acids is 1. The molecule has 0 saturated carbocycles. The molecule has 0 bridgehead atoms. The quantitative estimate of drug-likeness (QED) is 0.721. The van der Waals surface area contributed by atoms with Crippen LogP contribution in [0.4, 0.5) is 13.2 Å². The molecule has 8 heteroatoms. The Hall–Kier alpha value is -1.49. The lowest BCUT2D eigenvalue weighted by atomic mass is 10.3. The van der Waals surface area contributed by atoms with E-state index in [0.29, 0.717) is 0 Å². The first kappa shape index (κ1) is 11.0. The Morgan fingerprint density at radius 2 is 1.69 bits per heavy atom. The molecule has 0 N–H and O–H groups in total. The van der Waals surface area contributed by atoms with Crippen molar-refractivity contribution in [1.82, 2.24) is 0 Å². The van der Waals surface area contributed by atoms with Gasteiger partial charge in [-0.2, -0.15) is 13.2 Å². The normalized spacial score (nSPS) is 14.9. The molecule has 0 amide bonds. The summed E-state index contributed by atoms with van der Waals surface area (Å²) in [5.41, 5.74) is 0. The monoisotopic (exact) mass is 252 g/mol. The highest BCUT2D eigenvalue weighted by molar-refractivity contribution is 7.43. The minimum absolute atomic E-state index is 0.253. The molecule has 0 aliphatic carbocycles. The molecule has 0 unspecified atom stereocenters. The first-order chi connectivity index (χ1) is 7.47. The number of carbonyl (C=O) groups is 1. The van der Waals surface area contributed by atoms with E-state index in [-0.39, 0.29) is 11.5 Å². The van der Waals surface area contributed by atoms with Crippen molar-refractivity contribution in [2.75, 3.05) is 0 Å². The zero-order valence-electron chi connectivity index (χ0n) is 7.52. The molecule has 1 aliphatic heterocycles. The van der Waals surface area contributed by atoms with Crippen molar-refractivity contribution >= 4 is 14.6 Å². The summed E-state index contributed by atoms with van der Waals surface area (Å²) in [6.07, 6.45) is -5.05. The van der Waals surface area contributed by atoms with Gasteiger partial charge in [0.05, 0.1) is 0 Å². The van der Waals surface area contributed by atoms with Crippen LogP contribution >= 0.6 is 8.60 Å². The van der Waals surface area contributed by atoms with E-state index in [1.54, 1.807) is 12.1 Å². The molecule has 0 spiro atoms. The first-order valence-electron chi connectivity index (χ1n) is 4.01. The van der Waals surface area contributed by atoms with Crippen molar-refractivity contribution in [3.05, 3.63) is 24.3 Å². The number of rotatable bonds is 1. The van der Waals surface area contributed by atoms with Gasteiger partial charge in [-0.05, 0) is 12.1 Å². The number of alkyl halides is 3. The van der Waals surface area contributed by atoms with Crippen LogP contribution in [-0.4, -0.2) is 12.1 Å². The lowest BCUT2D eigenvalue weighted by Crippen LogP contribution is -2.24. The van der Waals surface area contributed by atoms with E-state index in [1.165, 1.54) is 12.1 Å². The molecule has 16 heavy (non-hydrogen) atoms. The molecule has 1 aromatic rings. The Morgan fingerprint density at radius 1 is 1.19 bits per heavy atom. The number of hydrogen-bond acceptors (Lipinski definition) is 4. The highest BCUT2D eigenvalue weighted by atomic mass is 31.2. The fraction of sp³-hybridized carbons (Fsp3) is 0.125. The smallest absolute Gasteiger partial charge is 0.404 e. The van der Waals surface area contributed by atoms with E-state index in [4.69, 9.17) is 9.05 Å². The second-order valence-electron chi connectivity index (χ2n) is 2.73. The Balaban J connectivity index is 2.00. The largest absolute Gasteiger partial charge is 0.533 e. The summed E-state index contributed by atoms with van der Waals surface area (Å²) >= 11 is 0. The standard InChI is InChI=1S/C8H4F3O4P/c9-8(10,11)7(12)15-16-13-5-3-1-2-4-6(5)14-16/h1-4H. The Kier molecular flexibility index (Phi) is 2.63. The molecule has 2 rings (SSSR count). The second-order valence-corrected chi connectivity index (χ2v) is 3.72. The van der Waals surface area contributed by atoms with Crippen LogP contribution in [-0.2, 0) is 9.32 Å². The third kappa shape index (κ3) is 2.19. The Labute approximate surface area is 88.9 Å². The number of fused-ring (bicyclic) bond motifs is 1. The minimum atomic E-state index is -5.05. The highest BCUT2D eigenvalue weighted by Gasteiger charge is 2.45. The molecule has 1 aliphatic rings. The molecule has 0 fully saturated rings. The summed E-state index contributed by atoms with van der Waals surface area (Å²) in [5.74, 6) is -1.82. The van der Waals surface area contributed by atoms with Crippen LogP contribution in [0.5, 0.6) is 11.5 Å². The van der Waals surface area contributed by atoms with Gasteiger partial charge in [-0.1, -0.05) is 12.1 Å². The van der Waals surface area contributed by atoms with Gasteiger partial charge in [-0.15, -0.1) is 0 Å². The second kappa shape index (κ2) is 3.83. The van der Waals surface area contributed by atoms with Crippen molar-refractivity contribution in [1.29, 1.82) is 0 Å². The van der Waals surface area contributed by atoms with E-state index in [1.807, 2.05) is 0 Å². The topological polar surface area (TPSA) is 44.8 Å². The van der Waals surface area contributed by atoms with Gasteiger partial charge in [0.25, 0.3) is 0 Å². The predicted octanol–water partition coefficient (Wildman–Crippen LogP) is 2.79. The summed E-state index contributed by atoms with van der Waals surface area (Å²) in [6, 6.07) is 6.23. The van der Waals surface area contributed by atoms with Crippen molar-refractivity contribution in [3.8, 4) is 11.5 Å². The summed E-state index contributed by atoms with van der Waals surface area (Å²) < 4.78 is 49.3. The van der Waals surface area contributed by atoms with Crippen molar-refractivity contribution in [2.24, 2.45) is 0 Å². The molecule has 1 aromatic carbocycles. The van der Waals surface area contributed by atoms with Crippen LogP contribution < -0.4 is 9.05 Å². The maximum atomic E-state index is 11.9. The van der Waals surface area contributed by atoms with Gasteiger partial charge in [0.1, 0.15) is 0 Å². The molecular weight excluding hydrogens is 248 g/mol. The average Bonchev–Trinajstić information content (AvgIpc) is 2.58. The first-order valence-corrected chi connectivity index (χ1v) is 5.10. The van der Waals surface area contributed by atoms with Crippen LogP contribution in [0.3, 0.4) is 0 Å². The lowest BCUT2D eigenvalue weighted by molar-refractivity contribution is -0.189. The molecule has 0 atom stereocenters. The van der Waals surface area contributed by atoms with Crippen molar-refractivity contribution < 1.29 is 31.5 Å². The van der Waals surface area contributed by atoms with E-state index in [2.05, 4.69) is 4.52 Å². The minimum Gasteiger partial charge on any atom is -0.404 e. The summed E-state index contributed by atoms with van der Waals surface area (Å²) in [5, 5.41) is 0. The number of halogens is 3. The molecule has 4 nitrogen and oxygen atoms in total. The van der Waals surface area contributed by atoms with Crippen molar-refractivity contribution in [2.45, 2.75) is 6.18 Å². The van der Waals surface area contributed by atoms with Crippen LogP contribution in [0, 0.1) is 0 Å². The molecule has 0 aromatic heterocycles. The van der Waals surface area contributed by atoms with Crippen LogP contribution in [0.15, 0.2) is 24.3 Å². The predicted molar refractivity (Wildman–Crippen MR) is 46.8 cm³/mol. The SMILES string of the molecule is O=C(OP1Oc2ccccc2O1)C(F)(F)F. The van der Waals surface area contributed by atoms with Gasteiger partial charge in [0.2, 0.25) is 0 Å². The fourth-order valence-corrected chi connectivity index (χ4v) is 1.91. The third-order valence-electron chi connectivity index (χ3n) is 1.58. The van der Waals surface area contributed by atoms with Gasteiger partial charge in [0.15, 0.2) is 11.5 Å². The maximum Gasteiger partial charge on any atom is 0.533 e.